The van der Waals surface area contributed by atoms with Crippen LogP contribution >= 0.6 is 0 Å². The molecule has 150 valence electrons. The Morgan fingerprint density at radius 3 is 2.21 bits per heavy atom. The zero-order valence-electron chi connectivity index (χ0n) is 16.4. The monoisotopic (exact) mass is 410 g/mol. The van der Waals surface area contributed by atoms with Crippen LogP contribution in [0.5, 0.6) is 5.75 Å². The second kappa shape index (κ2) is 8.36. The quantitative estimate of drug-likeness (QED) is 0.664. The van der Waals surface area contributed by atoms with E-state index in [-0.39, 0.29) is 10.8 Å². The molecule has 0 aliphatic rings. The van der Waals surface area contributed by atoms with Crippen molar-refractivity contribution in [3.8, 4) is 5.75 Å². The summed E-state index contributed by atoms with van der Waals surface area (Å²) in [5.74, 6) is 0.339. The minimum atomic E-state index is -3.76. The third-order valence-corrected chi connectivity index (χ3v) is 6.29. The molecule has 0 unspecified atom stereocenters. The molecule has 1 N–H and O–H groups in total. The Morgan fingerprint density at radius 2 is 1.62 bits per heavy atom. The standard InChI is InChI=1S/C22H22N2O4S/c1-16-5-4-6-18(15-16)23-22(25)17-7-13-21(14-8-17)29(26,27)24(2)19-9-11-20(28-3)12-10-19/h4-15H,1-3H3,(H,23,25). The van der Waals surface area contributed by atoms with Gasteiger partial charge in [0.15, 0.2) is 0 Å². The first kappa shape index (κ1) is 20.4. The maximum absolute atomic E-state index is 12.9. The number of amides is 1. The lowest BCUT2D eigenvalue weighted by atomic mass is 10.2. The number of hydrogen-bond acceptors (Lipinski definition) is 4. The summed E-state index contributed by atoms with van der Waals surface area (Å²) >= 11 is 0. The van der Waals surface area contributed by atoms with Gasteiger partial charge in [-0.3, -0.25) is 9.10 Å². The Hall–Kier alpha value is -3.32. The lowest BCUT2D eigenvalue weighted by Crippen LogP contribution is -2.26. The van der Waals surface area contributed by atoms with Crippen LogP contribution in [-0.4, -0.2) is 28.5 Å². The first-order chi connectivity index (χ1) is 13.8. The Balaban J connectivity index is 1.77. The fourth-order valence-electron chi connectivity index (χ4n) is 2.79. The van der Waals surface area contributed by atoms with E-state index in [2.05, 4.69) is 5.32 Å². The van der Waals surface area contributed by atoms with E-state index < -0.39 is 10.0 Å². The van der Waals surface area contributed by atoms with Gasteiger partial charge in [0.05, 0.1) is 17.7 Å². The van der Waals surface area contributed by atoms with E-state index in [1.54, 1.807) is 37.4 Å². The minimum Gasteiger partial charge on any atom is -0.497 e. The topological polar surface area (TPSA) is 75.7 Å². The van der Waals surface area contributed by atoms with Crippen molar-refractivity contribution in [3.05, 3.63) is 83.9 Å². The highest BCUT2D eigenvalue weighted by Gasteiger charge is 2.21. The van der Waals surface area contributed by atoms with Gasteiger partial charge in [-0.15, -0.1) is 0 Å². The van der Waals surface area contributed by atoms with Crippen molar-refractivity contribution in [2.45, 2.75) is 11.8 Å². The van der Waals surface area contributed by atoms with Gasteiger partial charge in [-0.1, -0.05) is 12.1 Å². The van der Waals surface area contributed by atoms with Crippen LogP contribution in [0.4, 0.5) is 11.4 Å². The van der Waals surface area contributed by atoms with Crippen LogP contribution < -0.4 is 14.4 Å². The minimum absolute atomic E-state index is 0.0999. The highest BCUT2D eigenvalue weighted by molar-refractivity contribution is 7.92. The SMILES string of the molecule is COc1ccc(N(C)S(=O)(=O)c2ccc(C(=O)Nc3cccc(C)c3)cc2)cc1. The molecule has 3 rings (SSSR count). The molecule has 1 amide bonds. The zero-order chi connectivity index (χ0) is 21.0. The van der Waals surface area contributed by atoms with E-state index >= 15 is 0 Å². The van der Waals surface area contributed by atoms with Crippen molar-refractivity contribution in [1.82, 2.24) is 0 Å². The summed E-state index contributed by atoms with van der Waals surface area (Å²) in [5.41, 5.74) is 2.60. The number of ether oxygens (including phenoxy) is 1. The molecular weight excluding hydrogens is 388 g/mol. The Bertz CT molecular complexity index is 1110. The van der Waals surface area contributed by atoms with Gasteiger partial charge in [-0.05, 0) is 73.2 Å². The maximum Gasteiger partial charge on any atom is 0.264 e. The molecule has 29 heavy (non-hydrogen) atoms. The van der Waals surface area contributed by atoms with Crippen LogP contribution in [0.3, 0.4) is 0 Å². The van der Waals surface area contributed by atoms with Crippen LogP contribution in [0.25, 0.3) is 0 Å². The summed E-state index contributed by atoms with van der Waals surface area (Å²) in [7, 11) is -0.728. The number of carbonyl (C=O) groups is 1. The molecule has 0 saturated carbocycles. The third kappa shape index (κ3) is 4.57. The molecular formula is C22H22N2O4S. The van der Waals surface area contributed by atoms with Crippen molar-refractivity contribution < 1.29 is 17.9 Å². The summed E-state index contributed by atoms with van der Waals surface area (Å²) < 4.78 is 32.1. The summed E-state index contributed by atoms with van der Waals surface area (Å²) in [6.45, 7) is 1.94. The normalized spacial score (nSPS) is 11.0. The maximum atomic E-state index is 12.9. The van der Waals surface area contributed by atoms with E-state index in [1.165, 1.54) is 35.6 Å². The van der Waals surface area contributed by atoms with E-state index in [9.17, 15) is 13.2 Å². The van der Waals surface area contributed by atoms with Gasteiger partial charge in [-0.25, -0.2) is 8.42 Å². The second-order valence-corrected chi connectivity index (χ2v) is 8.49. The molecule has 0 spiro atoms. The van der Waals surface area contributed by atoms with Crippen molar-refractivity contribution in [2.24, 2.45) is 0 Å². The lowest BCUT2D eigenvalue weighted by Gasteiger charge is -2.20. The number of nitrogens with one attached hydrogen (secondary N) is 1. The Labute approximate surface area is 170 Å². The first-order valence-electron chi connectivity index (χ1n) is 8.92. The van der Waals surface area contributed by atoms with Gasteiger partial charge in [0.2, 0.25) is 0 Å². The predicted octanol–water partition coefficient (Wildman–Crippen LogP) is 4.08. The van der Waals surface area contributed by atoms with Gasteiger partial charge in [0.1, 0.15) is 5.75 Å². The zero-order valence-corrected chi connectivity index (χ0v) is 17.2. The van der Waals surface area contributed by atoms with Gasteiger partial charge in [0, 0.05) is 18.3 Å². The predicted molar refractivity (Wildman–Crippen MR) is 114 cm³/mol. The number of carbonyl (C=O) groups excluding carboxylic acids is 1. The van der Waals surface area contributed by atoms with Gasteiger partial charge < -0.3 is 10.1 Å². The smallest absolute Gasteiger partial charge is 0.264 e. The van der Waals surface area contributed by atoms with Crippen LogP contribution in [0.1, 0.15) is 15.9 Å². The third-order valence-electron chi connectivity index (χ3n) is 4.49. The van der Waals surface area contributed by atoms with Crippen LogP contribution in [0.2, 0.25) is 0 Å². The molecule has 0 aromatic heterocycles. The van der Waals surface area contributed by atoms with Gasteiger partial charge >= 0.3 is 0 Å². The number of aryl methyl sites for hydroxylation is 1. The average molecular weight is 410 g/mol. The Morgan fingerprint density at radius 1 is 0.966 bits per heavy atom. The molecule has 7 heteroatoms. The molecule has 0 radical (unpaired) electrons. The molecule has 0 aliphatic carbocycles. The molecule has 0 saturated heterocycles. The van der Waals surface area contributed by atoms with Gasteiger partial charge in [0.25, 0.3) is 15.9 Å². The van der Waals surface area contributed by atoms with Crippen molar-refractivity contribution >= 4 is 27.3 Å². The van der Waals surface area contributed by atoms with Crippen LogP contribution in [-0.2, 0) is 10.0 Å². The fourth-order valence-corrected chi connectivity index (χ4v) is 3.99. The lowest BCUT2D eigenvalue weighted by molar-refractivity contribution is 0.102. The number of methoxy groups -OCH3 is 1. The fraction of sp³-hybridized carbons (Fsp3) is 0.136. The van der Waals surface area contributed by atoms with E-state index in [4.69, 9.17) is 4.74 Å². The highest BCUT2D eigenvalue weighted by Crippen LogP contribution is 2.24. The number of anilines is 2. The summed E-state index contributed by atoms with van der Waals surface area (Å²) in [5, 5.41) is 2.81. The molecule has 0 fully saturated rings. The van der Waals surface area contributed by atoms with E-state index in [0.717, 1.165) is 5.56 Å². The molecule has 0 heterocycles. The first-order valence-corrected chi connectivity index (χ1v) is 10.4. The molecule has 0 atom stereocenters. The number of sulfonamides is 1. The van der Waals surface area contributed by atoms with Crippen LogP contribution in [0, 0.1) is 6.92 Å². The molecule has 0 bridgehead atoms. The van der Waals surface area contributed by atoms with Crippen molar-refractivity contribution in [1.29, 1.82) is 0 Å². The molecule has 0 aliphatic heterocycles. The number of benzene rings is 3. The summed E-state index contributed by atoms with van der Waals surface area (Å²) in [6.07, 6.45) is 0. The van der Waals surface area contributed by atoms with E-state index in [0.29, 0.717) is 22.7 Å². The van der Waals surface area contributed by atoms with E-state index in [1.807, 2.05) is 25.1 Å². The number of hydrogen-bond donors (Lipinski definition) is 1. The molecule has 6 nitrogen and oxygen atoms in total. The second-order valence-electron chi connectivity index (χ2n) is 6.52. The number of nitrogens with zero attached hydrogens (tertiary/aromatic N) is 1. The average Bonchev–Trinajstić information content (AvgIpc) is 2.73. The van der Waals surface area contributed by atoms with Crippen LogP contribution in [0.15, 0.2) is 77.7 Å². The van der Waals surface area contributed by atoms with Gasteiger partial charge in [-0.2, -0.15) is 0 Å². The van der Waals surface area contributed by atoms with Crippen molar-refractivity contribution in [3.63, 3.8) is 0 Å². The van der Waals surface area contributed by atoms with Crippen molar-refractivity contribution in [2.75, 3.05) is 23.8 Å². The molecule has 3 aromatic rings. The summed E-state index contributed by atoms with van der Waals surface area (Å²) in [4.78, 5) is 12.5. The Kier molecular flexibility index (Phi) is 5.89. The summed E-state index contributed by atoms with van der Waals surface area (Å²) in [6, 6.07) is 20.0. The number of rotatable bonds is 6. The molecule has 3 aromatic carbocycles. The highest BCUT2D eigenvalue weighted by atomic mass is 32.2. The largest absolute Gasteiger partial charge is 0.497 e.